The predicted octanol–water partition coefficient (Wildman–Crippen LogP) is 5.06. The number of aliphatic imine (C=N–C) groups is 1. The molecule has 1 saturated heterocycles. The Morgan fingerprint density at radius 2 is 1.94 bits per heavy atom. The Morgan fingerprint density at radius 1 is 1.16 bits per heavy atom. The number of nitro benzene ring substituents is 1. The summed E-state index contributed by atoms with van der Waals surface area (Å²) in [4.78, 5) is 27.6. The van der Waals surface area contributed by atoms with Gasteiger partial charge in [0.15, 0.2) is 5.17 Å². The van der Waals surface area contributed by atoms with Gasteiger partial charge in [0.25, 0.3) is 11.6 Å². The molecule has 156 valence electrons. The van der Waals surface area contributed by atoms with E-state index in [1.807, 2.05) is 25.1 Å². The van der Waals surface area contributed by atoms with Crippen molar-refractivity contribution in [1.29, 1.82) is 0 Å². The molecule has 0 atom stereocenters. The van der Waals surface area contributed by atoms with Crippen LogP contribution in [0.5, 0.6) is 5.75 Å². The minimum absolute atomic E-state index is 0.00808. The molecule has 1 fully saturated rings. The van der Waals surface area contributed by atoms with Crippen molar-refractivity contribution in [3.05, 3.63) is 80.9 Å². The van der Waals surface area contributed by atoms with Crippen LogP contribution in [0.3, 0.4) is 0 Å². The van der Waals surface area contributed by atoms with Gasteiger partial charge in [0.1, 0.15) is 23.0 Å². The lowest BCUT2D eigenvalue weighted by Crippen LogP contribution is -2.19. The van der Waals surface area contributed by atoms with E-state index in [0.717, 1.165) is 5.56 Å². The zero-order chi connectivity index (χ0) is 22.0. The highest BCUT2D eigenvalue weighted by Crippen LogP contribution is 2.33. The number of amidine groups is 1. The standard InChI is InChI=1S/C22H17N3O5S/c1-13-3-9-19(29-2)17(11-13)23-22-24-21(26)20(31-22)12-16-8-10-18(30-16)14-4-6-15(7-5-14)25(27)28/h3-12H,1-2H3,(H,23,24,26)/b20-12-. The van der Waals surface area contributed by atoms with Crippen molar-refractivity contribution in [2.75, 3.05) is 7.11 Å². The van der Waals surface area contributed by atoms with E-state index in [-0.39, 0.29) is 11.6 Å². The molecule has 1 N–H and O–H groups in total. The molecular formula is C22H17N3O5S. The van der Waals surface area contributed by atoms with Crippen LogP contribution in [0.15, 0.2) is 68.9 Å². The molecule has 4 rings (SSSR count). The molecule has 0 unspecified atom stereocenters. The Hall–Kier alpha value is -3.85. The first-order valence-electron chi connectivity index (χ1n) is 9.22. The maximum Gasteiger partial charge on any atom is 0.269 e. The highest BCUT2D eigenvalue weighted by molar-refractivity contribution is 8.18. The molecule has 3 aromatic rings. The SMILES string of the molecule is COc1ccc(C)cc1N=C1NC(=O)/C(=C/c2ccc(-c3ccc([N+](=O)[O-])cc3)o2)S1. The number of hydrogen-bond donors (Lipinski definition) is 1. The van der Waals surface area contributed by atoms with Crippen LogP contribution in [-0.4, -0.2) is 23.1 Å². The Labute approximate surface area is 181 Å². The fraction of sp³-hybridized carbons (Fsp3) is 0.0909. The number of carbonyl (C=O) groups is 1. The number of thioether (sulfide) groups is 1. The summed E-state index contributed by atoms with van der Waals surface area (Å²) < 4.78 is 11.1. The van der Waals surface area contributed by atoms with Gasteiger partial charge in [-0.2, -0.15) is 0 Å². The third-order valence-corrected chi connectivity index (χ3v) is 5.38. The molecular weight excluding hydrogens is 418 g/mol. The van der Waals surface area contributed by atoms with E-state index in [2.05, 4.69) is 10.3 Å². The number of nitrogens with one attached hydrogen (secondary N) is 1. The van der Waals surface area contributed by atoms with Gasteiger partial charge in [-0.05, 0) is 60.6 Å². The summed E-state index contributed by atoms with van der Waals surface area (Å²) in [6.07, 6.45) is 1.63. The van der Waals surface area contributed by atoms with Crippen molar-refractivity contribution < 1.29 is 18.9 Å². The molecule has 31 heavy (non-hydrogen) atoms. The molecule has 2 heterocycles. The van der Waals surface area contributed by atoms with Crippen LogP contribution in [0.4, 0.5) is 11.4 Å². The number of methoxy groups -OCH3 is 1. The number of amides is 1. The highest BCUT2D eigenvalue weighted by atomic mass is 32.2. The van der Waals surface area contributed by atoms with E-state index in [1.165, 1.54) is 23.9 Å². The van der Waals surface area contributed by atoms with Crippen molar-refractivity contribution >= 4 is 40.3 Å². The number of ether oxygens (including phenoxy) is 1. The van der Waals surface area contributed by atoms with Crippen molar-refractivity contribution in [1.82, 2.24) is 5.32 Å². The van der Waals surface area contributed by atoms with Crippen LogP contribution in [0.2, 0.25) is 0 Å². The molecule has 1 aliphatic heterocycles. The summed E-state index contributed by atoms with van der Waals surface area (Å²) in [6, 6.07) is 15.2. The lowest BCUT2D eigenvalue weighted by Gasteiger charge is -2.05. The van der Waals surface area contributed by atoms with Gasteiger partial charge >= 0.3 is 0 Å². The third-order valence-electron chi connectivity index (χ3n) is 4.47. The smallest absolute Gasteiger partial charge is 0.269 e. The van der Waals surface area contributed by atoms with Gasteiger partial charge in [0.05, 0.1) is 16.9 Å². The van der Waals surface area contributed by atoms with E-state index < -0.39 is 4.92 Å². The van der Waals surface area contributed by atoms with Gasteiger partial charge in [-0.3, -0.25) is 14.9 Å². The molecule has 0 bridgehead atoms. The zero-order valence-corrected chi connectivity index (χ0v) is 17.4. The van der Waals surface area contributed by atoms with Gasteiger partial charge < -0.3 is 14.5 Å². The second kappa shape index (κ2) is 8.49. The maximum absolute atomic E-state index is 12.4. The molecule has 9 heteroatoms. The summed E-state index contributed by atoms with van der Waals surface area (Å²) in [5.41, 5.74) is 2.37. The molecule has 1 amide bonds. The van der Waals surface area contributed by atoms with Gasteiger partial charge in [-0.15, -0.1) is 0 Å². The lowest BCUT2D eigenvalue weighted by molar-refractivity contribution is -0.384. The topological polar surface area (TPSA) is 107 Å². The molecule has 1 aromatic heterocycles. The first kappa shape index (κ1) is 20.4. The third kappa shape index (κ3) is 4.51. The summed E-state index contributed by atoms with van der Waals surface area (Å²) in [5, 5.41) is 14.0. The molecule has 1 aliphatic rings. The highest BCUT2D eigenvalue weighted by Gasteiger charge is 2.25. The molecule has 0 saturated carbocycles. The van der Waals surface area contributed by atoms with Crippen LogP contribution in [-0.2, 0) is 4.79 Å². The second-order valence-corrected chi connectivity index (χ2v) is 7.69. The van der Waals surface area contributed by atoms with Crippen LogP contribution in [0, 0.1) is 17.0 Å². The fourth-order valence-electron chi connectivity index (χ4n) is 2.94. The Balaban J connectivity index is 1.54. The molecule has 0 radical (unpaired) electrons. The molecule has 0 spiro atoms. The summed E-state index contributed by atoms with van der Waals surface area (Å²) in [6.45, 7) is 1.95. The summed E-state index contributed by atoms with van der Waals surface area (Å²) in [7, 11) is 1.57. The number of nitrogens with zero attached hydrogens (tertiary/aromatic N) is 2. The lowest BCUT2D eigenvalue weighted by atomic mass is 10.1. The normalized spacial score (nSPS) is 16.0. The average Bonchev–Trinajstić information content (AvgIpc) is 3.35. The number of rotatable bonds is 5. The van der Waals surface area contributed by atoms with E-state index in [9.17, 15) is 14.9 Å². The summed E-state index contributed by atoms with van der Waals surface area (Å²) >= 11 is 1.20. The van der Waals surface area contributed by atoms with E-state index in [0.29, 0.717) is 38.6 Å². The van der Waals surface area contributed by atoms with Crippen LogP contribution < -0.4 is 10.1 Å². The van der Waals surface area contributed by atoms with E-state index in [4.69, 9.17) is 9.15 Å². The van der Waals surface area contributed by atoms with Gasteiger partial charge in [0.2, 0.25) is 0 Å². The minimum atomic E-state index is -0.455. The van der Waals surface area contributed by atoms with Crippen molar-refractivity contribution in [3.8, 4) is 17.1 Å². The first-order chi connectivity index (χ1) is 14.9. The number of aryl methyl sites for hydroxylation is 1. The van der Waals surface area contributed by atoms with E-state index >= 15 is 0 Å². The number of carbonyl (C=O) groups excluding carboxylic acids is 1. The Kier molecular flexibility index (Phi) is 5.59. The van der Waals surface area contributed by atoms with Gasteiger partial charge in [0, 0.05) is 23.8 Å². The van der Waals surface area contributed by atoms with Crippen molar-refractivity contribution in [2.24, 2.45) is 4.99 Å². The van der Waals surface area contributed by atoms with Crippen LogP contribution in [0.1, 0.15) is 11.3 Å². The maximum atomic E-state index is 12.4. The van der Waals surface area contributed by atoms with Gasteiger partial charge in [-0.1, -0.05) is 6.07 Å². The number of nitro groups is 1. The monoisotopic (exact) mass is 435 g/mol. The molecule has 0 aliphatic carbocycles. The van der Waals surface area contributed by atoms with Crippen molar-refractivity contribution in [3.63, 3.8) is 0 Å². The summed E-state index contributed by atoms with van der Waals surface area (Å²) in [5.74, 6) is 1.37. The predicted molar refractivity (Wildman–Crippen MR) is 119 cm³/mol. The zero-order valence-electron chi connectivity index (χ0n) is 16.6. The van der Waals surface area contributed by atoms with Crippen molar-refractivity contribution in [2.45, 2.75) is 6.92 Å². The largest absolute Gasteiger partial charge is 0.494 e. The quantitative estimate of drug-likeness (QED) is 0.341. The van der Waals surface area contributed by atoms with Crippen LogP contribution >= 0.6 is 11.8 Å². The Bertz CT molecular complexity index is 1230. The fourth-order valence-corrected chi connectivity index (χ4v) is 3.75. The first-order valence-corrected chi connectivity index (χ1v) is 10.0. The number of benzene rings is 2. The molecule has 2 aromatic carbocycles. The number of furan rings is 1. The average molecular weight is 435 g/mol. The molecule has 8 nitrogen and oxygen atoms in total. The second-order valence-electron chi connectivity index (χ2n) is 6.66. The van der Waals surface area contributed by atoms with Crippen LogP contribution in [0.25, 0.3) is 17.4 Å². The van der Waals surface area contributed by atoms with Gasteiger partial charge in [-0.25, -0.2) is 4.99 Å². The number of hydrogen-bond acceptors (Lipinski definition) is 7. The van der Waals surface area contributed by atoms with E-state index in [1.54, 1.807) is 37.5 Å². The minimum Gasteiger partial charge on any atom is -0.494 e. The Morgan fingerprint density at radius 3 is 2.65 bits per heavy atom. The number of non-ortho nitro benzene ring substituents is 1.